The van der Waals surface area contributed by atoms with E-state index < -0.39 is 11.4 Å². The summed E-state index contributed by atoms with van der Waals surface area (Å²) in [6.07, 6.45) is 3.35. The van der Waals surface area contributed by atoms with Crippen LogP contribution in [0.2, 0.25) is 0 Å². The van der Waals surface area contributed by atoms with E-state index in [1.165, 1.54) is 11.3 Å². The number of aliphatic carboxylic acids is 1. The summed E-state index contributed by atoms with van der Waals surface area (Å²) in [7, 11) is 0. The van der Waals surface area contributed by atoms with Crippen molar-refractivity contribution in [1.29, 1.82) is 0 Å². The molecule has 4 nitrogen and oxygen atoms in total. The quantitative estimate of drug-likeness (QED) is 0.868. The van der Waals surface area contributed by atoms with Gasteiger partial charge in [0.2, 0.25) is 0 Å². The van der Waals surface area contributed by atoms with E-state index in [2.05, 4.69) is 6.58 Å². The van der Waals surface area contributed by atoms with Crippen LogP contribution in [0.5, 0.6) is 0 Å². The van der Waals surface area contributed by atoms with Gasteiger partial charge in [0.25, 0.3) is 5.91 Å². The van der Waals surface area contributed by atoms with Crippen LogP contribution in [-0.2, 0) is 4.79 Å². The van der Waals surface area contributed by atoms with Gasteiger partial charge in [0.15, 0.2) is 0 Å². The van der Waals surface area contributed by atoms with E-state index in [-0.39, 0.29) is 12.5 Å². The molecule has 0 spiro atoms. The van der Waals surface area contributed by atoms with Crippen molar-refractivity contribution in [3.8, 4) is 0 Å². The number of hydrogen-bond donors (Lipinski definition) is 1. The fourth-order valence-electron chi connectivity index (χ4n) is 2.75. The lowest BCUT2D eigenvalue weighted by Crippen LogP contribution is -2.49. The van der Waals surface area contributed by atoms with Crippen LogP contribution in [0.25, 0.3) is 0 Å². The summed E-state index contributed by atoms with van der Waals surface area (Å²) < 4.78 is 0. The maximum atomic E-state index is 12.5. The number of thiophene rings is 1. The second kappa shape index (κ2) is 5.79. The maximum absolute atomic E-state index is 12.5. The lowest BCUT2D eigenvalue weighted by Gasteiger charge is -2.39. The zero-order valence-electron chi connectivity index (χ0n) is 11.6. The molecule has 1 N–H and O–H groups in total. The number of carboxylic acids is 1. The molecule has 5 heteroatoms. The Bertz CT molecular complexity index is 537. The zero-order chi connectivity index (χ0) is 14.8. The first-order chi connectivity index (χ1) is 9.50. The van der Waals surface area contributed by atoms with Crippen molar-refractivity contribution in [3.63, 3.8) is 0 Å². The summed E-state index contributed by atoms with van der Waals surface area (Å²) in [6, 6.07) is 1.91. The Morgan fingerprint density at radius 2 is 2.35 bits per heavy atom. The first-order valence-electron chi connectivity index (χ1n) is 6.68. The smallest absolute Gasteiger partial charge is 0.311 e. The molecule has 20 heavy (non-hydrogen) atoms. The standard InChI is InChI=1S/C15H19NO3S/c1-3-6-15(14(18)19)7-4-8-16(10-15)13(17)12-11(2)5-9-20-12/h3,5,9H,1,4,6-8,10H2,2H3,(H,18,19)/t15-/m1/s1. The SMILES string of the molecule is C=CC[C@@]1(C(=O)O)CCCN(C(=O)c2sccc2C)C1. The number of aryl methyl sites for hydroxylation is 1. The number of hydrogen-bond acceptors (Lipinski definition) is 3. The lowest BCUT2D eigenvalue weighted by molar-refractivity contribution is -0.151. The van der Waals surface area contributed by atoms with Crippen LogP contribution in [0.1, 0.15) is 34.5 Å². The summed E-state index contributed by atoms with van der Waals surface area (Å²) in [5.41, 5.74) is 0.0797. The van der Waals surface area contributed by atoms with Crippen LogP contribution in [0.4, 0.5) is 0 Å². The third-order valence-corrected chi connectivity index (χ3v) is 4.91. The number of rotatable bonds is 4. The fourth-order valence-corrected chi connectivity index (χ4v) is 3.64. The van der Waals surface area contributed by atoms with Gasteiger partial charge >= 0.3 is 5.97 Å². The third kappa shape index (κ3) is 2.63. The van der Waals surface area contributed by atoms with Crippen molar-refractivity contribution in [3.05, 3.63) is 34.5 Å². The number of amides is 1. The minimum Gasteiger partial charge on any atom is -0.481 e. The van der Waals surface area contributed by atoms with Crippen molar-refractivity contribution in [2.45, 2.75) is 26.2 Å². The van der Waals surface area contributed by atoms with Crippen LogP contribution < -0.4 is 0 Å². The summed E-state index contributed by atoms with van der Waals surface area (Å²) in [6.45, 7) is 6.45. The number of likely N-dealkylation sites (tertiary alicyclic amines) is 1. The first-order valence-corrected chi connectivity index (χ1v) is 7.56. The molecule has 1 aliphatic rings. The number of piperidine rings is 1. The van der Waals surface area contributed by atoms with Crippen molar-refractivity contribution in [2.75, 3.05) is 13.1 Å². The molecule has 1 saturated heterocycles. The highest BCUT2D eigenvalue weighted by molar-refractivity contribution is 7.12. The second-order valence-corrected chi connectivity index (χ2v) is 6.26. The maximum Gasteiger partial charge on any atom is 0.311 e. The Hall–Kier alpha value is -1.62. The summed E-state index contributed by atoms with van der Waals surface area (Å²) in [4.78, 5) is 26.5. The van der Waals surface area contributed by atoms with Crippen molar-refractivity contribution in [1.82, 2.24) is 4.90 Å². The van der Waals surface area contributed by atoms with Gasteiger partial charge in [-0.3, -0.25) is 9.59 Å². The zero-order valence-corrected chi connectivity index (χ0v) is 12.4. The molecule has 108 valence electrons. The molecule has 0 radical (unpaired) electrons. The molecule has 0 bridgehead atoms. The van der Waals surface area contributed by atoms with E-state index in [1.54, 1.807) is 11.0 Å². The summed E-state index contributed by atoms with van der Waals surface area (Å²) >= 11 is 1.41. The molecule has 0 unspecified atom stereocenters. The summed E-state index contributed by atoms with van der Waals surface area (Å²) in [5.74, 6) is -0.885. The number of carboxylic acid groups (broad SMARTS) is 1. The van der Waals surface area contributed by atoms with E-state index in [1.807, 2.05) is 18.4 Å². The fraction of sp³-hybridized carbons (Fsp3) is 0.467. The molecule has 0 aromatic carbocycles. The largest absolute Gasteiger partial charge is 0.481 e. The van der Waals surface area contributed by atoms with E-state index in [9.17, 15) is 14.7 Å². The molecule has 1 aliphatic heterocycles. The third-order valence-electron chi connectivity index (χ3n) is 3.91. The van der Waals surface area contributed by atoms with Gasteiger partial charge in [0.1, 0.15) is 0 Å². The van der Waals surface area contributed by atoms with Crippen LogP contribution in [-0.4, -0.2) is 35.0 Å². The molecule has 1 atom stereocenters. The molecular weight excluding hydrogens is 274 g/mol. The van der Waals surface area contributed by atoms with Gasteiger partial charge in [-0.25, -0.2) is 0 Å². The number of carbonyl (C=O) groups is 2. The molecule has 1 fully saturated rings. The van der Waals surface area contributed by atoms with E-state index in [4.69, 9.17) is 0 Å². The van der Waals surface area contributed by atoms with Gasteiger partial charge in [0, 0.05) is 13.1 Å². The Morgan fingerprint density at radius 3 is 2.90 bits per heavy atom. The van der Waals surface area contributed by atoms with E-state index in [0.29, 0.717) is 24.3 Å². The van der Waals surface area contributed by atoms with Gasteiger partial charge in [0.05, 0.1) is 10.3 Å². The Labute approximate surface area is 122 Å². The molecule has 1 aromatic rings. The van der Waals surface area contributed by atoms with Crippen LogP contribution >= 0.6 is 11.3 Å². The van der Waals surface area contributed by atoms with Crippen LogP contribution in [0, 0.1) is 12.3 Å². The Morgan fingerprint density at radius 1 is 1.60 bits per heavy atom. The van der Waals surface area contributed by atoms with Gasteiger partial charge < -0.3 is 10.0 Å². The van der Waals surface area contributed by atoms with Crippen molar-refractivity contribution >= 4 is 23.2 Å². The average Bonchev–Trinajstić information content (AvgIpc) is 2.84. The number of nitrogens with zero attached hydrogens (tertiary/aromatic N) is 1. The number of allylic oxidation sites excluding steroid dienone is 1. The number of carbonyl (C=O) groups excluding carboxylic acids is 1. The normalized spacial score (nSPS) is 22.6. The summed E-state index contributed by atoms with van der Waals surface area (Å²) in [5, 5.41) is 11.4. The average molecular weight is 293 g/mol. The molecule has 2 rings (SSSR count). The Kier molecular flexibility index (Phi) is 4.28. The minimum absolute atomic E-state index is 0.0492. The van der Waals surface area contributed by atoms with E-state index >= 15 is 0 Å². The van der Waals surface area contributed by atoms with Gasteiger partial charge in [-0.1, -0.05) is 6.08 Å². The molecular formula is C15H19NO3S. The highest BCUT2D eigenvalue weighted by Crippen LogP contribution is 2.35. The first kappa shape index (κ1) is 14.8. The highest BCUT2D eigenvalue weighted by atomic mass is 32.1. The molecule has 2 heterocycles. The van der Waals surface area contributed by atoms with Crippen molar-refractivity contribution < 1.29 is 14.7 Å². The highest BCUT2D eigenvalue weighted by Gasteiger charge is 2.42. The molecule has 1 amide bonds. The van der Waals surface area contributed by atoms with E-state index in [0.717, 1.165) is 12.0 Å². The second-order valence-electron chi connectivity index (χ2n) is 5.34. The van der Waals surface area contributed by atoms with Crippen LogP contribution in [0.15, 0.2) is 24.1 Å². The monoisotopic (exact) mass is 293 g/mol. The van der Waals surface area contributed by atoms with Gasteiger partial charge in [-0.15, -0.1) is 17.9 Å². The van der Waals surface area contributed by atoms with Gasteiger partial charge in [-0.05, 0) is 43.2 Å². The van der Waals surface area contributed by atoms with Crippen LogP contribution in [0.3, 0.4) is 0 Å². The predicted octanol–water partition coefficient (Wildman–Crippen LogP) is 2.94. The molecule has 1 aromatic heterocycles. The Balaban J connectivity index is 2.22. The predicted molar refractivity (Wildman–Crippen MR) is 79.1 cm³/mol. The minimum atomic E-state index is -0.874. The topological polar surface area (TPSA) is 57.6 Å². The van der Waals surface area contributed by atoms with Crippen molar-refractivity contribution in [2.24, 2.45) is 5.41 Å². The lowest BCUT2D eigenvalue weighted by atomic mass is 9.77. The molecule has 0 aliphatic carbocycles. The van der Waals surface area contributed by atoms with Gasteiger partial charge in [-0.2, -0.15) is 0 Å². The molecule has 0 saturated carbocycles.